The van der Waals surface area contributed by atoms with Crippen LogP contribution in [0.5, 0.6) is 0 Å². The number of nitrogens with zero attached hydrogens (tertiary/aromatic N) is 2. The molecule has 1 rings (SSSR count). The summed E-state index contributed by atoms with van der Waals surface area (Å²) in [7, 11) is 3.43. The summed E-state index contributed by atoms with van der Waals surface area (Å²) >= 11 is 0. The van der Waals surface area contributed by atoms with Crippen LogP contribution in [0.25, 0.3) is 0 Å². The summed E-state index contributed by atoms with van der Waals surface area (Å²) in [6, 6.07) is 0. The van der Waals surface area contributed by atoms with Gasteiger partial charge in [0.25, 0.3) is 0 Å². The second-order valence-corrected chi connectivity index (χ2v) is 5.34. The lowest BCUT2D eigenvalue weighted by Gasteiger charge is -2.31. The van der Waals surface area contributed by atoms with Crippen molar-refractivity contribution in [3.63, 3.8) is 0 Å². The zero-order valence-corrected chi connectivity index (χ0v) is 13.0. The van der Waals surface area contributed by atoms with Gasteiger partial charge in [0.15, 0.2) is 0 Å². The lowest BCUT2D eigenvalue weighted by Crippen LogP contribution is -2.48. The van der Waals surface area contributed by atoms with E-state index in [-0.39, 0.29) is 6.10 Å². The highest BCUT2D eigenvalue weighted by molar-refractivity contribution is 4.73. The van der Waals surface area contributed by atoms with Gasteiger partial charge in [-0.2, -0.15) is 0 Å². The summed E-state index contributed by atoms with van der Waals surface area (Å²) in [5.41, 5.74) is 0. The minimum absolute atomic E-state index is 0.299. The number of methoxy groups -OCH3 is 2. The maximum Gasteiger partial charge on any atom is 0.0793 e. The van der Waals surface area contributed by atoms with Crippen LogP contribution in [0.1, 0.15) is 6.42 Å². The average Bonchev–Trinajstić information content (AvgIpc) is 2.45. The molecule has 0 aromatic heterocycles. The minimum atomic E-state index is -0.299. The Labute approximate surface area is 123 Å². The number of β-amino-alcohol motifs (C(OH)–C–C–N with tert-alkyl or cyclic N) is 1. The van der Waals surface area contributed by atoms with E-state index in [0.29, 0.717) is 13.2 Å². The van der Waals surface area contributed by atoms with Gasteiger partial charge >= 0.3 is 0 Å². The van der Waals surface area contributed by atoms with Gasteiger partial charge in [0.2, 0.25) is 0 Å². The topological polar surface area (TPSA) is 57.2 Å². The number of piperazine rings is 1. The van der Waals surface area contributed by atoms with Crippen molar-refractivity contribution in [1.29, 1.82) is 0 Å². The zero-order valence-electron chi connectivity index (χ0n) is 13.0. The first kappa shape index (κ1) is 17.8. The van der Waals surface area contributed by atoms with Gasteiger partial charge in [-0.3, -0.25) is 9.80 Å². The third-order valence-electron chi connectivity index (χ3n) is 3.58. The zero-order chi connectivity index (χ0) is 14.6. The van der Waals surface area contributed by atoms with Crippen LogP contribution in [0, 0.1) is 0 Å². The molecule has 0 aromatic carbocycles. The summed E-state index contributed by atoms with van der Waals surface area (Å²) in [4.78, 5) is 4.58. The first-order valence-corrected chi connectivity index (χ1v) is 7.57. The van der Waals surface area contributed by atoms with Crippen molar-refractivity contribution in [2.75, 3.05) is 79.8 Å². The molecule has 0 spiro atoms. The van der Waals surface area contributed by atoms with Crippen LogP contribution in [-0.2, 0) is 9.47 Å². The third kappa shape index (κ3) is 8.14. The number of hydrogen-bond donors (Lipinski definition) is 2. The summed E-state index contributed by atoms with van der Waals surface area (Å²) in [5, 5.41) is 13.6. The quantitative estimate of drug-likeness (QED) is 0.488. The molecule has 20 heavy (non-hydrogen) atoms. The molecule has 0 amide bonds. The summed E-state index contributed by atoms with van der Waals surface area (Å²) < 4.78 is 10.2. The van der Waals surface area contributed by atoms with E-state index in [1.54, 1.807) is 14.2 Å². The van der Waals surface area contributed by atoms with Crippen LogP contribution in [0.3, 0.4) is 0 Å². The molecule has 1 unspecified atom stereocenters. The molecule has 120 valence electrons. The lowest BCUT2D eigenvalue weighted by molar-refractivity contribution is 0.0550. The number of aliphatic hydroxyl groups excluding tert-OH is 1. The number of hydrogen-bond acceptors (Lipinski definition) is 6. The van der Waals surface area contributed by atoms with Crippen LogP contribution >= 0.6 is 0 Å². The second-order valence-electron chi connectivity index (χ2n) is 5.34. The van der Waals surface area contributed by atoms with Crippen LogP contribution in [0.2, 0.25) is 0 Å². The predicted molar refractivity (Wildman–Crippen MR) is 80.1 cm³/mol. The van der Waals surface area contributed by atoms with E-state index in [0.717, 1.165) is 58.8 Å². The highest BCUT2D eigenvalue weighted by Gasteiger charge is 2.16. The fraction of sp³-hybridized carbons (Fsp3) is 1.00. The highest BCUT2D eigenvalue weighted by atomic mass is 16.5. The standard InChI is InChI=1S/C14H31N3O3/c1-19-10-3-6-16(9-11-20-2)12-14(18)13-17-7-4-15-5-8-17/h14-15,18H,3-13H2,1-2H3. The van der Waals surface area contributed by atoms with E-state index >= 15 is 0 Å². The Balaban J connectivity index is 2.25. The molecule has 1 saturated heterocycles. The lowest BCUT2D eigenvalue weighted by atomic mass is 10.2. The van der Waals surface area contributed by atoms with E-state index in [1.807, 2.05) is 0 Å². The Morgan fingerprint density at radius 1 is 1.15 bits per heavy atom. The molecular formula is C14H31N3O3. The van der Waals surface area contributed by atoms with E-state index in [4.69, 9.17) is 9.47 Å². The molecule has 0 radical (unpaired) electrons. The van der Waals surface area contributed by atoms with Gasteiger partial charge in [-0.15, -0.1) is 0 Å². The van der Waals surface area contributed by atoms with Gasteiger partial charge < -0.3 is 19.9 Å². The Morgan fingerprint density at radius 2 is 1.85 bits per heavy atom. The number of ether oxygens (including phenoxy) is 2. The molecule has 6 nitrogen and oxygen atoms in total. The predicted octanol–water partition coefficient (Wildman–Crippen LogP) is -0.763. The van der Waals surface area contributed by atoms with Crippen molar-refractivity contribution in [2.45, 2.75) is 12.5 Å². The Bertz CT molecular complexity index is 226. The molecule has 0 aliphatic carbocycles. The Kier molecular flexibility index (Phi) is 10.2. The second kappa shape index (κ2) is 11.4. The number of aliphatic hydroxyl groups is 1. The highest BCUT2D eigenvalue weighted by Crippen LogP contribution is 2.00. The van der Waals surface area contributed by atoms with E-state index in [2.05, 4.69) is 15.1 Å². The van der Waals surface area contributed by atoms with Crippen molar-refractivity contribution in [2.24, 2.45) is 0 Å². The molecule has 1 atom stereocenters. The molecule has 1 aliphatic rings. The summed E-state index contributed by atoms with van der Waals surface area (Å²) in [6.45, 7) is 8.82. The largest absolute Gasteiger partial charge is 0.390 e. The Hall–Kier alpha value is -0.240. The number of rotatable bonds is 11. The average molecular weight is 289 g/mol. The van der Waals surface area contributed by atoms with Crippen molar-refractivity contribution >= 4 is 0 Å². The van der Waals surface area contributed by atoms with Crippen molar-refractivity contribution < 1.29 is 14.6 Å². The van der Waals surface area contributed by atoms with Crippen LogP contribution in [-0.4, -0.2) is 101 Å². The molecule has 1 heterocycles. The van der Waals surface area contributed by atoms with Gasteiger partial charge in [-0.25, -0.2) is 0 Å². The van der Waals surface area contributed by atoms with Gasteiger partial charge in [0, 0.05) is 73.2 Å². The van der Waals surface area contributed by atoms with Gasteiger partial charge in [0.05, 0.1) is 12.7 Å². The molecular weight excluding hydrogens is 258 g/mol. The maximum atomic E-state index is 10.3. The van der Waals surface area contributed by atoms with Gasteiger partial charge in [-0.1, -0.05) is 0 Å². The molecule has 1 fully saturated rings. The fourth-order valence-electron chi connectivity index (χ4n) is 2.49. The smallest absolute Gasteiger partial charge is 0.0793 e. The maximum absolute atomic E-state index is 10.3. The minimum Gasteiger partial charge on any atom is -0.390 e. The third-order valence-corrected chi connectivity index (χ3v) is 3.58. The molecule has 1 aliphatic heterocycles. The first-order chi connectivity index (χ1) is 9.76. The molecule has 0 bridgehead atoms. The van der Waals surface area contributed by atoms with Gasteiger partial charge in [0.1, 0.15) is 0 Å². The summed E-state index contributed by atoms with van der Waals surface area (Å²) in [5.74, 6) is 0. The Morgan fingerprint density at radius 3 is 2.50 bits per heavy atom. The molecule has 6 heteroatoms. The van der Waals surface area contributed by atoms with Crippen molar-refractivity contribution in [3.8, 4) is 0 Å². The monoisotopic (exact) mass is 289 g/mol. The van der Waals surface area contributed by atoms with Crippen LogP contribution in [0.15, 0.2) is 0 Å². The number of nitrogens with one attached hydrogen (secondary N) is 1. The van der Waals surface area contributed by atoms with E-state index in [9.17, 15) is 5.11 Å². The van der Waals surface area contributed by atoms with Crippen LogP contribution < -0.4 is 5.32 Å². The fourth-order valence-corrected chi connectivity index (χ4v) is 2.49. The molecule has 2 N–H and O–H groups in total. The SMILES string of the molecule is COCCCN(CCOC)CC(O)CN1CCNCC1. The van der Waals surface area contributed by atoms with Gasteiger partial charge in [-0.05, 0) is 6.42 Å². The van der Waals surface area contributed by atoms with Crippen LogP contribution in [0.4, 0.5) is 0 Å². The normalized spacial score (nSPS) is 18.6. The summed E-state index contributed by atoms with van der Waals surface area (Å²) in [6.07, 6.45) is 0.688. The van der Waals surface area contributed by atoms with E-state index < -0.39 is 0 Å². The molecule has 0 saturated carbocycles. The van der Waals surface area contributed by atoms with Crippen molar-refractivity contribution in [1.82, 2.24) is 15.1 Å². The molecule has 0 aromatic rings. The van der Waals surface area contributed by atoms with Crippen molar-refractivity contribution in [3.05, 3.63) is 0 Å². The first-order valence-electron chi connectivity index (χ1n) is 7.57. The van der Waals surface area contributed by atoms with E-state index in [1.165, 1.54) is 0 Å².